The van der Waals surface area contributed by atoms with Crippen LogP contribution in [0.15, 0.2) is 0 Å². The Balaban J connectivity index is 2.91. The van der Waals surface area contributed by atoms with E-state index in [-0.39, 0.29) is 30.6 Å². The first kappa shape index (κ1) is 16.4. The van der Waals surface area contributed by atoms with Crippen molar-refractivity contribution in [2.45, 2.75) is 33.2 Å². The molecule has 1 rings (SSSR count). The van der Waals surface area contributed by atoms with Gasteiger partial charge in [0.2, 0.25) is 5.91 Å². The van der Waals surface area contributed by atoms with Crippen LogP contribution in [0.25, 0.3) is 0 Å². The molecule has 0 aromatic carbocycles. The predicted octanol–water partition coefficient (Wildman–Crippen LogP) is 1.06. The smallest absolute Gasteiger partial charge is 0.360 e. The maximum atomic E-state index is 12.0. The maximum Gasteiger partial charge on any atom is 0.360 e. The summed E-state index contributed by atoms with van der Waals surface area (Å²) in [6, 6.07) is 0. The molecular weight excluding hydrogens is 284 g/mol. The van der Waals surface area contributed by atoms with Crippen LogP contribution in [-0.2, 0) is 22.0 Å². The number of carbonyl (C=O) groups is 2. The lowest BCUT2D eigenvalue weighted by molar-refractivity contribution is -0.131. The Bertz CT molecular complexity index is 471. The molecule has 0 bridgehead atoms. The average molecular weight is 303 g/mol. The van der Waals surface area contributed by atoms with Gasteiger partial charge in [0.25, 0.3) is 0 Å². The van der Waals surface area contributed by atoms with E-state index in [2.05, 4.69) is 10.3 Å². The van der Waals surface area contributed by atoms with Gasteiger partial charge in [0.15, 0.2) is 5.69 Å². The molecule has 0 radical (unpaired) electrons. The number of hydrogen-bond donors (Lipinski definition) is 0. The van der Waals surface area contributed by atoms with Gasteiger partial charge in [0, 0.05) is 13.1 Å². The van der Waals surface area contributed by atoms with Crippen molar-refractivity contribution in [3.63, 3.8) is 0 Å². The molecule has 0 aliphatic carbocycles. The van der Waals surface area contributed by atoms with Gasteiger partial charge in [-0.3, -0.25) is 4.79 Å². The molecule has 0 saturated carbocycles. The summed E-state index contributed by atoms with van der Waals surface area (Å²) in [5.41, 5.74) is 0.458. The third-order valence-electron chi connectivity index (χ3n) is 2.83. The number of rotatable bonds is 7. The highest BCUT2D eigenvalue weighted by Gasteiger charge is 2.22. The number of halogens is 1. The minimum atomic E-state index is -0.579. The minimum absolute atomic E-state index is 0.0101. The maximum absolute atomic E-state index is 12.0. The normalized spacial score (nSPS) is 10.4. The summed E-state index contributed by atoms with van der Waals surface area (Å²) in [6.45, 7) is 6.98. The van der Waals surface area contributed by atoms with E-state index in [0.717, 1.165) is 0 Å². The SMILES string of the molecule is CCOC(=O)c1nnn(CC(=O)N(CC)CC)c1CCl. The van der Waals surface area contributed by atoms with Crippen molar-refractivity contribution < 1.29 is 14.3 Å². The predicted molar refractivity (Wildman–Crippen MR) is 73.5 cm³/mol. The Morgan fingerprint density at radius 3 is 2.45 bits per heavy atom. The zero-order chi connectivity index (χ0) is 15.1. The van der Waals surface area contributed by atoms with E-state index in [9.17, 15) is 9.59 Å². The van der Waals surface area contributed by atoms with Crippen LogP contribution in [0.3, 0.4) is 0 Å². The third kappa shape index (κ3) is 3.69. The van der Waals surface area contributed by atoms with Crippen molar-refractivity contribution in [1.29, 1.82) is 0 Å². The van der Waals surface area contributed by atoms with Crippen molar-refractivity contribution in [1.82, 2.24) is 19.9 Å². The number of hydrogen-bond acceptors (Lipinski definition) is 5. The largest absolute Gasteiger partial charge is 0.461 e. The number of ether oxygens (including phenoxy) is 1. The van der Waals surface area contributed by atoms with E-state index in [1.807, 2.05) is 13.8 Å². The molecule has 0 spiro atoms. The molecule has 0 fully saturated rings. The fourth-order valence-corrected chi connectivity index (χ4v) is 2.02. The Kier molecular flexibility index (Phi) is 6.44. The Labute approximate surface area is 122 Å². The van der Waals surface area contributed by atoms with Gasteiger partial charge < -0.3 is 9.64 Å². The number of carbonyl (C=O) groups excluding carboxylic acids is 2. The molecule has 0 unspecified atom stereocenters. The molecule has 1 aromatic rings. The molecule has 0 aliphatic rings. The van der Waals surface area contributed by atoms with Crippen LogP contribution in [-0.4, -0.2) is 51.5 Å². The number of likely N-dealkylation sites (N-methyl/N-ethyl adjacent to an activating group) is 1. The zero-order valence-electron chi connectivity index (χ0n) is 11.9. The first-order chi connectivity index (χ1) is 9.58. The Hall–Kier alpha value is -1.63. The minimum Gasteiger partial charge on any atom is -0.461 e. The van der Waals surface area contributed by atoms with Gasteiger partial charge in [-0.15, -0.1) is 16.7 Å². The Morgan fingerprint density at radius 2 is 1.95 bits per heavy atom. The van der Waals surface area contributed by atoms with Gasteiger partial charge in [-0.2, -0.15) is 0 Å². The van der Waals surface area contributed by atoms with E-state index in [1.54, 1.807) is 11.8 Å². The first-order valence-electron chi connectivity index (χ1n) is 6.52. The molecule has 0 aliphatic heterocycles. The summed E-state index contributed by atoms with van der Waals surface area (Å²) in [7, 11) is 0. The van der Waals surface area contributed by atoms with Gasteiger partial charge in [-0.25, -0.2) is 9.48 Å². The molecule has 112 valence electrons. The highest BCUT2D eigenvalue weighted by Crippen LogP contribution is 2.11. The van der Waals surface area contributed by atoms with Crippen LogP contribution in [0.4, 0.5) is 0 Å². The number of aromatic nitrogens is 3. The molecular formula is C12H19ClN4O3. The standard InChI is InChI=1S/C12H19ClN4O3/c1-4-16(5-2)10(18)8-17-9(7-13)11(14-15-17)12(19)20-6-3/h4-8H2,1-3H3. The second-order valence-electron chi connectivity index (χ2n) is 3.96. The molecule has 1 heterocycles. The van der Waals surface area contributed by atoms with Crippen LogP contribution >= 0.6 is 11.6 Å². The van der Waals surface area contributed by atoms with Gasteiger partial charge in [0.05, 0.1) is 18.2 Å². The lowest BCUT2D eigenvalue weighted by Gasteiger charge is -2.18. The van der Waals surface area contributed by atoms with Gasteiger partial charge in [-0.1, -0.05) is 5.21 Å². The lowest BCUT2D eigenvalue weighted by Crippen LogP contribution is -2.34. The van der Waals surface area contributed by atoms with E-state index in [1.165, 1.54) is 4.68 Å². The first-order valence-corrected chi connectivity index (χ1v) is 7.05. The molecule has 1 amide bonds. The zero-order valence-corrected chi connectivity index (χ0v) is 12.7. The van der Waals surface area contributed by atoms with Crippen LogP contribution in [0.5, 0.6) is 0 Å². The van der Waals surface area contributed by atoms with Crippen molar-refractivity contribution in [2.75, 3.05) is 19.7 Å². The monoisotopic (exact) mass is 302 g/mol. The summed E-state index contributed by atoms with van der Waals surface area (Å²) in [6.07, 6.45) is 0. The molecule has 1 aromatic heterocycles. The summed E-state index contributed by atoms with van der Waals surface area (Å²) in [4.78, 5) is 25.4. The van der Waals surface area contributed by atoms with Crippen LogP contribution in [0.2, 0.25) is 0 Å². The number of nitrogens with zero attached hydrogens (tertiary/aromatic N) is 4. The molecule has 20 heavy (non-hydrogen) atoms. The second kappa shape index (κ2) is 7.84. The Morgan fingerprint density at radius 1 is 1.30 bits per heavy atom. The summed E-state index contributed by atoms with van der Waals surface area (Å²) in [5, 5.41) is 7.57. The number of amides is 1. The highest BCUT2D eigenvalue weighted by molar-refractivity contribution is 6.17. The molecule has 0 N–H and O–H groups in total. The van der Waals surface area contributed by atoms with Crippen molar-refractivity contribution in [2.24, 2.45) is 0 Å². The molecule has 0 atom stereocenters. The highest BCUT2D eigenvalue weighted by atomic mass is 35.5. The quantitative estimate of drug-likeness (QED) is 0.556. The van der Waals surface area contributed by atoms with E-state index in [0.29, 0.717) is 18.8 Å². The van der Waals surface area contributed by atoms with Gasteiger partial charge in [-0.05, 0) is 20.8 Å². The molecule has 0 saturated heterocycles. The van der Waals surface area contributed by atoms with Gasteiger partial charge in [0.1, 0.15) is 6.54 Å². The third-order valence-corrected chi connectivity index (χ3v) is 3.09. The molecule has 8 heteroatoms. The van der Waals surface area contributed by atoms with Crippen LogP contribution in [0.1, 0.15) is 37.0 Å². The second-order valence-corrected chi connectivity index (χ2v) is 4.23. The fourth-order valence-electron chi connectivity index (χ4n) is 1.75. The van der Waals surface area contributed by atoms with Crippen LogP contribution < -0.4 is 0 Å². The number of alkyl halides is 1. The van der Waals surface area contributed by atoms with E-state index >= 15 is 0 Å². The van der Waals surface area contributed by atoms with Crippen molar-refractivity contribution in [3.05, 3.63) is 11.4 Å². The summed E-state index contributed by atoms with van der Waals surface area (Å²) >= 11 is 5.82. The number of esters is 1. The fraction of sp³-hybridized carbons (Fsp3) is 0.667. The summed E-state index contributed by atoms with van der Waals surface area (Å²) in [5.74, 6) is -0.640. The molecule has 7 nitrogen and oxygen atoms in total. The van der Waals surface area contributed by atoms with Crippen molar-refractivity contribution in [3.8, 4) is 0 Å². The van der Waals surface area contributed by atoms with E-state index in [4.69, 9.17) is 16.3 Å². The average Bonchev–Trinajstić information content (AvgIpc) is 2.83. The topological polar surface area (TPSA) is 77.3 Å². The van der Waals surface area contributed by atoms with Crippen LogP contribution in [0, 0.1) is 0 Å². The van der Waals surface area contributed by atoms with Crippen molar-refractivity contribution >= 4 is 23.5 Å². The lowest BCUT2D eigenvalue weighted by atomic mass is 10.3. The summed E-state index contributed by atoms with van der Waals surface area (Å²) < 4.78 is 6.22. The van der Waals surface area contributed by atoms with E-state index < -0.39 is 5.97 Å². The van der Waals surface area contributed by atoms with Gasteiger partial charge >= 0.3 is 5.97 Å².